The number of alkyl carbamates (subject to hydrolysis) is 2. The Morgan fingerprint density at radius 3 is 1.80 bits per heavy atom. The van der Waals surface area contributed by atoms with Gasteiger partial charge in [-0.05, 0) is 70.4 Å². The number of nitrogens with one attached hydrogen (secondary N) is 4. The zero-order valence-electron chi connectivity index (χ0n) is 40.7. The summed E-state index contributed by atoms with van der Waals surface area (Å²) in [6, 6.07) is 17.6. The van der Waals surface area contributed by atoms with Crippen LogP contribution in [0.5, 0.6) is 11.5 Å². The molecule has 0 bridgehead atoms. The van der Waals surface area contributed by atoms with E-state index in [2.05, 4.69) is 32.7 Å². The number of amides is 5. The molecule has 10 rings (SSSR count). The van der Waals surface area contributed by atoms with Crippen molar-refractivity contribution in [3.63, 3.8) is 0 Å². The summed E-state index contributed by atoms with van der Waals surface area (Å²) in [5.74, 6) is 1.67. The van der Waals surface area contributed by atoms with Gasteiger partial charge in [0.15, 0.2) is 11.5 Å². The second-order valence-electron chi connectivity index (χ2n) is 20.0. The number of ether oxygens (including phenoxy) is 5. The lowest BCUT2D eigenvalue weighted by Gasteiger charge is -2.30. The third-order valence-corrected chi connectivity index (χ3v) is 14.6. The lowest BCUT2D eigenvalue weighted by atomic mass is 10.0. The van der Waals surface area contributed by atoms with Gasteiger partial charge in [-0.1, -0.05) is 82.3 Å². The first-order chi connectivity index (χ1) is 34.2. The number of aromatic nitrogens is 4. The van der Waals surface area contributed by atoms with Crippen LogP contribution in [-0.2, 0) is 36.9 Å². The molecule has 6 heterocycles. The standard InChI is InChI=1S/C52H59N9O10/c1-28(2)42(57-49(64)67-5)47(62)60-24-35(71-51(66)59-23-34-15-16-41-44(36(34)25-59)70-27-69-41)19-39(60)45-53-21-37(55-45)32-11-7-30(8-12-32)31-9-13-33(14-10-31)38-22-54-46(56-38)40-20-52(17-18-52)26-61(40)48(63)43(29(3)4)58-50(65)68-6/h7-16,21-22,28-29,35,39-40,42-43H,17-20,23-27H2,1-6H3,(H,53,55)(H,54,56)(H,57,64)(H,58,65)/t35?,39?,40-,42-,43-/m0/s1. The van der Waals surface area contributed by atoms with Gasteiger partial charge in [-0.3, -0.25) is 14.5 Å². The van der Waals surface area contributed by atoms with Crippen LogP contribution < -0.4 is 20.1 Å². The van der Waals surface area contributed by atoms with Crippen molar-refractivity contribution in [1.29, 1.82) is 0 Å². The fourth-order valence-corrected chi connectivity index (χ4v) is 10.4. The van der Waals surface area contributed by atoms with Crippen LogP contribution in [0.1, 0.15) is 88.2 Å². The third kappa shape index (κ3) is 9.32. The van der Waals surface area contributed by atoms with Gasteiger partial charge in [0.25, 0.3) is 0 Å². The number of imidazole rings is 2. The van der Waals surface area contributed by atoms with E-state index in [0.717, 1.165) is 69.9 Å². The molecule has 1 aliphatic carbocycles. The minimum atomic E-state index is -0.901. The lowest BCUT2D eigenvalue weighted by molar-refractivity contribution is -0.136. The molecule has 5 aliphatic rings. The molecule has 4 aliphatic heterocycles. The number of methoxy groups -OCH3 is 2. The van der Waals surface area contributed by atoms with Gasteiger partial charge < -0.3 is 54.1 Å². The van der Waals surface area contributed by atoms with E-state index in [0.29, 0.717) is 37.0 Å². The molecule has 0 radical (unpaired) electrons. The number of fused-ring (bicyclic) bond motifs is 3. The highest BCUT2D eigenvalue weighted by Crippen LogP contribution is 2.58. The fourth-order valence-electron chi connectivity index (χ4n) is 10.4. The lowest BCUT2D eigenvalue weighted by Crippen LogP contribution is -2.51. The summed E-state index contributed by atoms with van der Waals surface area (Å²) >= 11 is 0. The summed E-state index contributed by atoms with van der Waals surface area (Å²) in [4.78, 5) is 88.0. The maximum absolute atomic E-state index is 14.3. The molecule has 2 aromatic heterocycles. The molecule has 1 saturated carbocycles. The number of nitrogens with zero attached hydrogens (tertiary/aromatic N) is 5. The highest BCUT2D eigenvalue weighted by Gasteiger charge is 2.55. The Labute approximate surface area is 410 Å². The average Bonchev–Trinajstić information content (AvgIpc) is 4.12. The zero-order valence-corrected chi connectivity index (χ0v) is 40.7. The fraction of sp³-hybridized carbons (Fsp3) is 0.442. The van der Waals surface area contributed by atoms with Gasteiger partial charge in [-0.2, -0.15) is 0 Å². The topological polar surface area (TPSA) is 223 Å². The van der Waals surface area contributed by atoms with E-state index in [-0.39, 0.29) is 54.9 Å². The van der Waals surface area contributed by atoms with Crippen molar-refractivity contribution in [2.75, 3.05) is 34.1 Å². The Balaban J connectivity index is 0.821. The molecule has 2 unspecified atom stereocenters. The molecule has 372 valence electrons. The summed E-state index contributed by atoms with van der Waals surface area (Å²) in [5, 5.41) is 5.43. The summed E-state index contributed by atoms with van der Waals surface area (Å²) in [6.07, 6.45) is 4.25. The van der Waals surface area contributed by atoms with Crippen molar-refractivity contribution in [2.24, 2.45) is 17.3 Å². The van der Waals surface area contributed by atoms with Crippen molar-refractivity contribution in [3.8, 4) is 45.1 Å². The van der Waals surface area contributed by atoms with E-state index < -0.39 is 42.5 Å². The first-order valence-corrected chi connectivity index (χ1v) is 24.2. The highest BCUT2D eigenvalue weighted by atomic mass is 16.7. The van der Waals surface area contributed by atoms with E-state index in [1.165, 1.54) is 14.2 Å². The molecule has 5 amide bonds. The SMILES string of the molecule is COC(=O)N[C@H](C(=O)N1CC(OC(=O)N2Cc3ccc4c(c3C2)OCO4)CC1c1ncc(-c2ccc(-c3ccc(-c4cnc([C@@H]5CC6(CC6)CN5C(=O)[C@@H](NC(=O)OC)C(C)C)[nH]4)cc3)cc2)[nH]1)C(C)C. The van der Waals surface area contributed by atoms with Crippen molar-refractivity contribution in [2.45, 2.75) is 96.7 Å². The smallest absolute Gasteiger partial charge is 0.410 e. The van der Waals surface area contributed by atoms with Crippen LogP contribution in [0.15, 0.2) is 73.1 Å². The van der Waals surface area contributed by atoms with Crippen LogP contribution in [0.25, 0.3) is 33.6 Å². The van der Waals surface area contributed by atoms with Crippen LogP contribution in [-0.4, -0.2) is 117 Å². The number of carbonyl (C=O) groups excluding carboxylic acids is 5. The van der Waals surface area contributed by atoms with E-state index >= 15 is 0 Å². The molecular formula is C52H59N9O10. The van der Waals surface area contributed by atoms with Crippen LogP contribution in [0.3, 0.4) is 0 Å². The number of H-pyrrole nitrogens is 2. The first kappa shape index (κ1) is 47.1. The minimum absolute atomic E-state index is 0.0929. The van der Waals surface area contributed by atoms with Gasteiger partial charge in [0.05, 0.1) is 63.2 Å². The highest BCUT2D eigenvalue weighted by molar-refractivity contribution is 5.87. The molecule has 5 aromatic rings. The predicted molar refractivity (Wildman–Crippen MR) is 257 cm³/mol. The third-order valence-electron chi connectivity index (χ3n) is 14.6. The number of aromatic amines is 2. The Kier molecular flexibility index (Phi) is 12.6. The van der Waals surface area contributed by atoms with Crippen molar-refractivity contribution in [3.05, 3.63) is 95.8 Å². The normalized spacial score (nSPS) is 20.3. The second kappa shape index (κ2) is 19.0. The predicted octanol–water partition coefficient (Wildman–Crippen LogP) is 7.47. The maximum atomic E-state index is 14.3. The van der Waals surface area contributed by atoms with Crippen molar-refractivity contribution >= 4 is 30.1 Å². The van der Waals surface area contributed by atoms with Crippen LogP contribution in [0.4, 0.5) is 14.4 Å². The molecule has 19 heteroatoms. The number of carbonyl (C=O) groups is 5. The van der Waals surface area contributed by atoms with Gasteiger partial charge in [0, 0.05) is 25.1 Å². The molecule has 1 spiro atoms. The van der Waals surface area contributed by atoms with Gasteiger partial charge in [0.1, 0.15) is 29.8 Å². The number of benzene rings is 3. The number of hydrogen-bond donors (Lipinski definition) is 4. The second-order valence-corrected chi connectivity index (χ2v) is 20.0. The molecule has 19 nitrogen and oxygen atoms in total. The van der Waals surface area contributed by atoms with Gasteiger partial charge in [-0.15, -0.1) is 0 Å². The van der Waals surface area contributed by atoms with Crippen molar-refractivity contribution in [1.82, 2.24) is 45.3 Å². The Morgan fingerprint density at radius 2 is 1.25 bits per heavy atom. The Bertz CT molecular complexity index is 2840. The monoisotopic (exact) mass is 969 g/mol. The summed E-state index contributed by atoms with van der Waals surface area (Å²) in [5.41, 5.74) is 7.36. The number of likely N-dealkylation sites (tertiary alicyclic amines) is 2. The van der Waals surface area contributed by atoms with E-state index in [1.807, 2.05) is 87.3 Å². The molecule has 3 fully saturated rings. The Hall–Kier alpha value is -7.57. The maximum Gasteiger partial charge on any atom is 0.410 e. The van der Waals surface area contributed by atoms with Crippen molar-refractivity contribution < 1.29 is 47.7 Å². The van der Waals surface area contributed by atoms with E-state index in [9.17, 15) is 24.0 Å². The van der Waals surface area contributed by atoms with E-state index in [1.54, 1.807) is 16.0 Å². The van der Waals surface area contributed by atoms with Crippen LogP contribution in [0, 0.1) is 17.3 Å². The van der Waals surface area contributed by atoms with Crippen LogP contribution >= 0.6 is 0 Å². The Morgan fingerprint density at radius 1 is 0.704 bits per heavy atom. The molecular weight excluding hydrogens is 911 g/mol. The summed E-state index contributed by atoms with van der Waals surface area (Å²) in [7, 11) is 2.54. The average molecular weight is 970 g/mol. The summed E-state index contributed by atoms with van der Waals surface area (Å²) in [6.45, 7) is 9.02. The molecule has 4 N–H and O–H groups in total. The zero-order chi connectivity index (χ0) is 49.7. The van der Waals surface area contributed by atoms with Gasteiger partial charge in [-0.25, -0.2) is 24.4 Å². The summed E-state index contributed by atoms with van der Waals surface area (Å²) < 4.78 is 27.0. The number of hydrogen-bond acceptors (Lipinski definition) is 12. The van der Waals surface area contributed by atoms with Crippen LogP contribution in [0.2, 0.25) is 0 Å². The quantitative estimate of drug-likeness (QED) is 0.0895. The van der Waals surface area contributed by atoms with Gasteiger partial charge in [0.2, 0.25) is 18.6 Å². The van der Waals surface area contributed by atoms with Gasteiger partial charge >= 0.3 is 18.3 Å². The minimum Gasteiger partial charge on any atom is -0.454 e. The largest absolute Gasteiger partial charge is 0.454 e. The molecule has 3 aromatic carbocycles. The van der Waals surface area contributed by atoms with E-state index in [4.69, 9.17) is 33.7 Å². The molecule has 71 heavy (non-hydrogen) atoms. The first-order valence-electron chi connectivity index (χ1n) is 24.2. The molecule has 5 atom stereocenters. The number of rotatable bonds is 12. The molecule has 2 saturated heterocycles.